The molecule has 2 rings (SSSR count). The minimum atomic E-state index is 0.0666. The minimum Gasteiger partial charge on any atom is -0.294 e. The molecule has 0 aromatic heterocycles. The Morgan fingerprint density at radius 1 is 1.00 bits per heavy atom. The smallest absolute Gasteiger partial charge is 0.168 e. The van der Waals surface area contributed by atoms with Gasteiger partial charge in [0.15, 0.2) is 5.78 Å². The van der Waals surface area contributed by atoms with E-state index in [-0.39, 0.29) is 5.78 Å². The van der Waals surface area contributed by atoms with Gasteiger partial charge in [-0.15, -0.1) is 0 Å². The van der Waals surface area contributed by atoms with Crippen molar-refractivity contribution in [1.29, 1.82) is 0 Å². The molecule has 0 atom stereocenters. The number of benzene rings is 2. The molecule has 0 aliphatic carbocycles. The minimum absolute atomic E-state index is 0.0666. The molecule has 0 N–H and O–H groups in total. The summed E-state index contributed by atoms with van der Waals surface area (Å²) in [6.45, 7) is 6.04. The summed E-state index contributed by atoms with van der Waals surface area (Å²) >= 11 is 6.19. The lowest BCUT2D eigenvalue weighted by Gasteiger charge is -2.07. The molecule has 0 aliphatic heterocycles. The number of rotatable bonds is 3. The van der Waals surface area contributed by atoms with Gasteiger partial charge in [-0.1, -0.05) is 41.9 Å². The van der Waals surface area contributed by atoms with Gasteiger partial charge in [0.2, 0.25) is 0 Å². The first-order chi connectivity index (χ1) is 8.99. The van der Waals surface area contributed by atoms with Crippen LogP contribution in [0.5, 0.6) is 0 Å². The molecule has 2 heteroatoms. The van der Waals surface area contributed by atoms with E-state index in [1.807, 2.05) is 25.1 Å². The van der Waals surface area contributed by atoms with Crippen molar-refractivity contribution in [3.05, 3.63) is 69.2 Å². The van der Waals surface area contributed by atoms with Gasteiger partial charge < -0.3 is 0 Å². The van der Waals surface area contributed by atoms with Gasteiger partial charge in [0.05, 0.1) is 5.02 Å². The molecule has 0 unspecified atom stereocenters. The molecule has 0 fully saturated rings. The molecule has 0 heterocycles. The average molecular weight is 273 g/mol. The first kappa shape index (κ1) is 13.8. The van der Waals surface area contributed by atoms with Gasteiger partial charge in [-0.3, -0.25) is 4.79 Å². The maximum Gasteiger partial charge on any atom is 0.168 e. The third kappa shape index (κ3) is 3.05. The summed E-state index contributed by atoms with van der Waals surface area (Å²) in [6, 6.07) is 11.7. The van der Waals surface area contributed by atoms with E-state index in [2.05, 4.69) is 26.0 Å². The third-order valence-electron chi connectivity index (χ3n) is 3.43. The number of carbonyl (C=O) groups excluding carboxylic acids is 1. The Morgan fingerprint density at radius 2 is 1.74 bits per heavy atom. The Kier molecular flexibility index (Phi) is 4.06. The summed E-state index contributed by atoms with van der Waals surface area (Å²) in [5.41, 5.74) is 5.03. The van der Waals surface area contributed by atoms with Crippen molar-refractivity contribution in [1.82, 2.24) is 0 Å². The summed E-state index contributed by atoms with van der Waals surface area (Å²) in [5, 5.41) is 0.566. The predicted molar refractivity (Wildman–Crippen MR) is 80.1 cm³/mol. The van der Waals surface area contributed by atoms with Crippen molar-refractivity contribution < 1.29 is 4.79 Å². The third-order valence-corrected chi connectivity index (χ3v) is 3.93. The maximum absolute atomic E-state index is 12.3. The largest absolute Gasteiger partial charge is 0.294 e. The average Bonchev–Trinajstić information content (AvgIpc) is 2.37. The van der Waals surface area contributed by atoms with Crippen LogP contribution in [0.25, 0.3) is 0 Å². The van der Waals surface area contributed by atoms with Gasteiger partial charge in [0.1, 0.15) is 0 Å². The zero-order valence-electron chi connectivity index (χ0n) is 11.5. The van der Waals surface area contributed by atoms with Gasteiger partial charge >= 0.3 is 0 Å². The lowest BCUT2D eigenvalue weighted by Crippen LogP contribution is -2.05. The van der Waals surface area contributed by atoms with Crippen molar-refractivity contribution in [3.63, 3.8) is 0 Å². The van der Waals surface area contributed by atoms with E-state index in [0.29, 0.717) is 17.0 Å². The second-order valence-corrected chi connectivity index (χ2v) is 5.33. The van der Waals surface area contributed by atoms with Crippen LogP contribution in [0.4, 0.5) is 0 Å². The first-order valence-corrected chi connectivity index (χ1v) is 6.71. The van der Waals surface area contributed by atoms with Crippen molar-refractivity contribution in [3.8, 4) is 0 Å². The summed E-state index contributed by atoms with van der Waals surface area (Å²) in [7, 11) is 0. The fraction of sp³-hybridized carbons (Fsp3) is 0.235. The molecule has 2 aromatic carbocycles. The van der Waals surface area contributed by atoms with Gasteiger partial charge in [-0.05, 0) is 49.1 Å². The fourth-order valence-electron chi connectivity index (χ4n) is 2.06. The molecule has 98 valence electrons. The number of Topliss-reactive ketones (excluding diaryl/α,β-unsaturated/α-hetero) is 1. The van der Waals surface area contributed by atoms with Crippen LogP contribution in [-0.2, 0) is 6.42 Å². The second-order valence-electron chi connectivity index (χ2n) is 4.96. The van der Waals surface area contributed by atoms with E-state index in [1.165, 1.54) is 11.1 Å². The van der Waals surface area contributed by atoms with E-state index in [9.17, 15) is 4.79 Å². The molecule has 0 bridgehead atoms. The predicted octanol–water partition coefficient (Wildman–Crippen LogP) is 4.69. The van der Waals surface area contributed by atoms with Crippen molar-refractivity contribution in [2.24, 2.45) is 0 Å². The van der Waals surface area contributed by atoms with Crippen molar-refractivity contribution >= 4 is 17.4 Å². The standard InChI is InChI=1S/C17H17ClO/c1-11-7-8-14(9-13(11)3)10-16(19)15-6-4-5-12(2)17(15)18/h4-9H,10H2,1-3H3. The highest BCUT2D eigenvalue weighted by Crippen LogP contribution is 2.22. The van der Waals surface area contributed by atoms with Crippen LogP contribution >= 0.6 is 11.6 Å². The number of aryl methyl sites for hydroxylation is 3. The van der Waals surface area contributed by atoms with Crippen LogP contribution < -0.4 is 0 Å². The second kappa shape index (κ2) is 5.58. The monoisotopic (exact) mass is 272 g/mol. The number of ketones is 1. The molecule has 0 saturated heterocycles. The molecule has 1 nitrogen and oxygen atoms in total. The van der Waals surface area contributed by atoms with Gasteiger partial charge in [0.25, 0.3) is 0 Å². The van der Waals surface area contributed by atoms with Crippen LogP contribution in [-0.4, -0.2) is 5.78 Å². The van der Waals surface area contributed by atoms with Crippen molar-refractivity contribution in [2.45, 2.75) is 27.2 Å². The van der Waals surface area contributed by atoms with Gasteiger partial charge in [-0.2, -0.15) is 0 Å². The Morgan fingerprint density at radius 3 is 2.42 bits per heavy atom. The summed E-state index contributed by atoms with van der Waals surface area (Å²) in [5.74, 6) is 0.0666. The molecule has 19 heavy (non-hydrogen) atoms. The van der Waals surface area contributed by atoms with Crippen LogP contribution in [0.3, 0.4) is 0 Å². The zero-order valence-corrected chi connectivity index (χ0v) is 12.2. The Bertz CT molecular complexity index is 629. The molecule has 0 amide bonds. The van der Waals surface area contributed by atoms with E-state index >= 15 is 0 Å². The summed E-state index contributed by atoms with van der Waals surface area (Å²) < 4.78 is 0. The summed E-state index contributed by atoms with van der Waals surface area (Å²) in [6.07, 6.45) is 0.393. The first-order valence-electron chi connectivity index (χ1n) is 6.33. The molecule has 2 aromatic rings. The Labute approximate surface area is 119 Å². The zero-order chi connectivity index (χ0) is 14.0. The normalized spacial score (nSPS) is 10.5. The summed E-state index contributed by atoms with van der Waals surface area (Å²) in [4.78, 5) is 12.3. The van der Waals surface area contributed by atoms with E-state index in [4.69, 9.17) is 11.6 Å². The lowest BCUT2D eigenvalue weighted by atomic mass is 9.99. The number of hydrogen-bond acceptors (Lipinski definition) is 1. The molecular weight excluding hydrogens is 256 g/mol. The quantitative estimate of drug-likeness (QED) is 0.741. The highest BCUT2D eigenvalue weighted by molar-refractivity contribution is 6.34. The maximum atomic E-state index is 12.3. The van der Waals surface area contributed by atoms with Gasteiger partial charge in [0, 0.05) is 12.0 Å². The highest BCUT2D eigenvalue weighted by atomic mass is 35.5. The van der Waals surface area contributed by atoms with E-state index < -0.39 is 0 Å². The van der Waals surface area contributed by atoms with Crippen molar-refractivity contribution in [2.75, 3.05) is 0 Å². The fourth-order valence-corrected chi connectivity index (χ4v) is 2.29. The van der Waals surface area contributed by atoms with Crippen LogP contribution in [0.15, 0.2) is 36.4 Å². The van der Waals surface area contributed by atoms with E-state index in [0.717, 1.165) is 11.1 Å². The van der Waals surface area contributed by atoms with Gasteiger partial charge in [-0.25, -0.2) is 0 Å². The van der Waals surface area contributed by atoms with Crippen LogP contribution in [0, 0.1) is 20.8 Å². The molecule has 0 aliphatic rings. The van der Waals surface area contributed by atoms with Crippen LogP contribution in [0.1, 0.15) is 32.6 Å². The van der Waals surface area contributed by atoms with E-state index in [1.54, 1.807) is 6.07 Å². The van der Waals surface area contributed by atoms with Crippen LogP contribution in [0.2, 0.25) is 5.02 Å². The number of hydrogen-bond donors (Lipinski definition) is 0. The topological polar surface area (TPSA) is 17.1 Å². The molecule has 0 saturated carbocycles. The Hall–Kier alpha value is -1.60. The lowest BCUT2D eigenvalue weighted by molar-refractivity contribution is 0.0993. The molecule has 0 radical (unpaired) electrons. The Balaban J connectivity index is 2.26. The number of carbonyl (C=O) groups is 1. The SMILES string of the molecule is Cc1ccc(CC(=O)c2cccc(C)c2Cl)cc1C. The number of halogens is 1. The molecular formula is C17H17ClO. The molecule has 0 spiro atoms. The highest BCUT2D eigenvalue weighted by Gasteiger charge is 2.12.